The van der Waals surface area contributed by atoms with Crippen LogP contribution in [0.3, 0.4) is 0 Å². The van der Waals surface area contributed by atoms with E-state index >= 15 is 4.39 Å². The Bertz CT molecular complexity index is 2630. The number of pyridine rings is 2. The summed E-state index contributed by atoms with van der Waals surface area (Å²) in [6.07, 6.45) is 0. The van der Waals surface area contributed by atoms with Crippen LogP contribution in [-0.2, 0) is 9.47 Å². The molecule has 2 fully saturated rings. The number of aromatic nitrogens is 2. The molecule has 2 saturated heterocycles. The van der Waals surface area contributed by atoms with Crippen LogP contribution in [0.15, 0.2) is 103 Å². The summed E-state index contributed by atoms with van der Waals surface area (Å²) in [4.78, 5) is 13.6. The standard InChI is InChI=1S/C30H30F2N4O2.C16H10ClF2N/c1-20-29(22-5-2-3-6-23(22)31)33-25-8-4-7-24(32)28(25)30(20)34-26-19-21(35-11-15-37-16-12-35)9-10-27(26)36-13-17-38-18-14-36;1-9-15(17)14-12(19)7-4-8-13(14)20-16(9)10-5-2-3-6-11(10)18/h2-10,19H,11-18H2,1H3,(H,33,34);2-8H,1H3. The average molecular weight is 806 g/mol. The van der Waals surface area contributed by atoms with E-state index in [0.29, 0.717) is 82.2 Å². The number of anilines is 4. The van der Waals surface area contributed by atoms with Gasteiger partial charge in [-0.15, -0.1) is 0 Å². The van der Waals surface area contributed by atoms with Crippen LogP contribution in [0.4, 0.5) is 40.3 Å². The van der Waals surface area contributed by atoms with Gasteiger partial charge in [0.05, 0.1) is 81.7 Å². The van der Waals surface area contributed by atoms with Gasteiger partial charge in [0, 0.05) is 43.0 Å². The number of nitrogens with zero attached hydrogens (tertiary/aromatic N) is 4. The molecule has 296 valence electrons. The van der Waals surface area contributed by atoms with E-state index in [2.05, 4.69) is 38.3 Å². The van der Waals surface area contributed by atoms with Crippen LogP contribution in [-0.4, -0.2) is 62.6 Å². The number of fused-ring (bicyclic) bond motifs is 2. The lowest BCUT2D eigenvalue weighted by molar-refractivity contribution is 0.122. The lowest BCUT2D eigenvalue weighted by Gasteiger charge is -2.33. The van der Waals surface area contributed by atoms with Gasteiger partial charge in [-0.05, 0) is 91.7 Å². The quantitative estimate of drug-likeness (QED) is 0.168. The third-order valence-electron chi connectivity index (χ3n) is 10.6. The molecule has 58 heavy (non-hydrogen) atoms. The molecule has 0 radical (unpaired) electrons. The maximum absolute atomic E-state index is 15.4. The van der Waals surface area contributed by atoms with E-state index in [4.69, 9.17) is 26.1 Å². The zero-order valence-electron chi connectivity index (χ0n) is 32.0. The second kappa shape index (κ2) is 17.0. The van der Waals surface area contributed by atoms with Crippen LogP contribution in [0.25, 0.3) is 44.3 Å². The fourth-order valence-electron chi connectivity index (χ4n) is 7.53. The summed E-state index contributed by atoms with van der Waals surface area (Å²) in [6, 6.07) is 28.6. The fraction of sp³-hybridized carbons (Fsp3) is 0.217. The lowest BCUT2D eigenvalue weighted by atomic mass is 10.0. The van der Waals surface area contributed by atoms with E-state index in [1.807, 2.05) is 6.92 Å². The van der Waals surface area contributed by atoms with Crippen LogP contribution in [0, 0.1) is 37.1 Å². The predicted octanol–water partition coefficient (Wildman–Crippen LogP) is 11.0. The Labute approximate surface area is 338 Å². The van der Waals surface area contributed by atoms with Gasteiger partial charge in [0.2, 0.25) is 0 Å². The molecule has 0 amide bonds. The van der Waals surface area contributed by atoms with Crippen molar-refractivity contribution in [2.24, 2.45) is 0 Å². The Hall–Kier alpha value is -5.75. The van der Waals surface area contributed by atoms with Crippen LogP contribution < -0.4 is 15.1 Å². The van der Waals surface area contributed by atoms with Crippen molar-refractivity contribution in [1.29, 1.82) is 0 Å². The molecule has 1 N–H and O–H groups in total. The second-order valence-electron chi connectivity index (χ2n) is 14.1. The van der Waals surface area contributed by atoms with Gasteiger partial charge in [-0.1, -0.05) is 48.0 Å². The molecule has 7 nitrogen and oxygen atoms in total. The Balaban J connectivity index is 0.000000197. The molecule has 0 unspecified atom stereocenters. The zero-order chi connectivity index (χ0) is 40.3. The number of ether oxygens (including phenoxy) is 2. The van der Waals surface area contributed by atoms with E-state index in [-0.39, 0.29) is 27.9 Å². The van der Waals surface area contributed by atoms with Crippen molar-refractivity contribution < 1.29 is 27.0 Å². The van der Waals surface area contributed by atoms with Crippen molar-refractivity contribution in [2.75, 3.05) is 67.7 Å². The van der Waals surface area contributed by atoms with E-state index in [0.717, 1.165) is 43.2 Å². The minimum atomic E-state index is -0.428. The van der Waals surface area contributed by atoms with Gasteiger partial charge < -0.3 is 24.6 Å². The third kappa shape index (κ3) is 7.77. The van der Waals surface area contributed by atoms with E-state index < -0.39 is 5.82 Å². The van der Waals surface area contributed by atoms with E-state index in [9.17, 15) is 13.2 Å². The summed E-state index contributed by atoms with van der Waals surface area (Å²) in [6.45, 7) is 9.36. The number of rotatable bonds is 6. The topological polar surface area (TPSA) is 62.8 Å². The van der Waals surface area contributed by atoms with Crippen LogP contribution >= 0.6 is 11.6 Å². The van der Waals surface area contributed by atoms with Crippen LogP contribution in [0.2, 0.25) is 5.02 Å². The first-order valence-corrected chi connectivity index (χ1v) is 19.5. The number of hydrogen-bond donors (Lipinski definition) is 1. The van der Waals surface area contributed by atoms with Gasteiger partial charge in [-0.3, -0.25) is 0 Å². The summed E-state index contributed by atoms with van der Waals surface area (Å²) in [5.74, 6) is -1.55. The smallest absolute Gasteiger partial charge is 0.134 e. The molecule has 0 aliphatic carbocycles. The molecular weight excluding hydrogens is 766 g/mol. The highest BCUT2D eigenvalue weighted by Gasteiger charge is 2.23. The van der Waals surface area contributed by atoms with E-state index in [1.165, 1.54) is 24.3 Å². The highest BCUT2D eigenvalue weighted by Crippen LogP contribution is 2.41. The van der Waals surface area contributed by atoms with Crippen molar-refractivity contribution >= 4 is 56.2 Å². The number of hydrogen-bond acceptors (Lipinski definition) is 7. The number of nitrogens with one attached hydrogen (secondary N) is 1. The van der Waals surface area contributed by atoms with Gasteiger partial charge in [0.1, 0.15) is 23.3 Å². The van der Waals surface area contributed by atoms with Crippen molar-refractivity contribution in [3.63, 3.8) is 0 Å². The van der Waals surface area contributed by atoms with Gasteiger partial charge in [-0.25, -0.2) is 27.5 Å². The molecule has 4 heterocycles. The predicted molar refractivity (Wildman–Crippen MR) is 224 cm³/mol. The minimum Gasteiger partial charge on any atom is -0.378 e. The Kier molecular flexibility index (Phi) is 11.5. The van der Waals surface area contributed by atoms with Gasteiger partial charge in [0.15, 0.2) is 0 Å². The minimum absolute atomic E-state index is 0.270. The molecular formula is C46H40ClF4N5O2. The summed E-state index contributed by atoms with van der Waals surface area (Å²) in [5, 5.41) is 4.51. The first kappa shape index (κ1) is 39.1. The molecule has 0 atom stereocenters. The van der Waals surface area contributed by atoms with Gasteiger partial charge >= 0.3 is 0 Å². The largest absolute Gasteiger partial charge is 0.378 e. The molecule has 0 spiro atoms. The average Bonchev–Trinajstić information content (AvgIpc) is 3.24. The lowest BCUT2D eigenvalue weighted by Crippen LogP contribution is -2.37. The number of benzene rings is 5. The van der Waals surface area contributed by atoms with Gasteiger partial charge in [-0.2, -0.15) is 0 Å². The highest BCUT2D eigenvalue weighted by molar-refractivity contribution is 6.36. The molecule has 5 aromatic carbocycles. The van der Waals surface area contributed by atoms with Crippen molar-refractivity contribution in [1.82, 2.24) is 9.97 Å². The summed E-state index contributed by atoms with van der Waals surface area (Å²) in [5.41, 5.74) is 7.31. The SMILES string of the molecule is Cc1c(-c2ccccc2F)nc2cccc(F)c2c1Cl.Cc1c(-c2ccccc2F)nc2cccc(F)c2c1Nc1cc(N2CCOCC2)ccc1N1CCOCC1. The summed E-state index contributed by atoms with van der Waals surface area (Å²) < 4.78 is 69.1. The first-order chi connectivity index (χ1) is 28.2. The van der Waals surface area contributed by atoms with Crippen LogP contribution in [0.1, 0.15) is 11.1 Å². The van der Waals surface area contributed by atoms with Crippen molar-refractivity contribution in [3.05, 3.63) is 143 Å². The molecule has 9 rings (SSSR count). The van der Waals surface area contributed by atoms with Crippen molar-refractivity contribution in [3.8, 4) is 22.5 Å². The summed E-state index contributed by atoms with van der Waals surface area (Å²) >= 11 is 6.24. The molecule has 2 aromatic heterocycles. The monoisotopic (exact) mass is 805 g/mol. The maximum Gasteiger partial charge on any atom is 0.134 e. The number of halogens is 5. The van der Waals surface area contributed by atoms with Gasteiger partial charge in [0.25, 0.3) is 0 Å². The number of morpholine rings is 2. The Morgan fingerprint density at radius 3 is 1.66 bits per heavy atom. The normalized spacial score (nSPS) is 14.4. The first-order valence-electron chi connectivity index (χ1n) is 19.1. The maximum atomic E-state index is 15.4. The highest BCUT2D eigenvalue weighted by atomic mass is 35.5. The molecule has 0 saturated carbocycles. The molecule has 12 heteroatoms. The zero-order valence-corrected chi connectivity index (χ0v) is 32.7. The third-order valence-corrected chi connectivity index (χ3v) is 11.0. The molecule has 7 aromatic rings. The fourth-order valence-corrected chi connectivity index (χ4v) is 7.80. The Morgan fingerprint density at radius 2 is 1.07 bits per heavy atom. The van der Waals surface area contributed by atoms with Crippen LogP contribution in [0.5, 0.6) is 0 Å². The molecule has 2 aliphatic rings. The summed E-state index contributed by atoms with van der Waals surface area (Å²) in [7, 11) is 0. The van der Waals surface area contributed by atoms with E-state index in [1.54, 1.807) is 67.6 Å². The van der Waals surface area contributed by atoms with Crippen molar-refractivity contribution in [2.45, 2.75) is 13.8 Å². The molecule has 2 aliphatic heterocycles. The molecule has 0 bridgehead atoms. The second-order valence-corrected chi connectivity index (χ2v) is 14.5. The Morgan fingerprint density at radius 1 is 0.569 bits per heavy atom.